The Labute approximate surface area is 533 Å². The van der Waals surface area contributed by atoms with Gasteiger partial charge in [0.05, 0.1) is 27.8 Å². The Morgan fingerprint density at radius 2 is 0.844 bits per heavy atom. The van der Waals surface area contributed by atoms with Crippen molar-refractivity contribution < 1.29 is 0 Å². The summed E-state index contributed by atoms with van der Waals surface area (Å²) in [5, 5.41) is 7.23. The molecule has 0 bridgehead atoms. The Kier molecular flexibility index (Phi) is 14.0. The molecule has 2 aromatic heterocycles. The average molecular weight is 1220 g/mol. The molecular formula is C86H60BrN3. The first-order valence-electron chi connectivity index (χ1n) is 30.8. The SMILES string of the molecule is Cc1cccc(-c2ccc(/C(=C\c3ccc4c(c3)c3ccccc3n4-c3ccccc3)Cc3ccc(-c4ccc5c(N(c6ccc(-c7ccc(Br)cc7)cc6)c6ccc7c(c6)c6ccccc6n7-c6cccc(-c7ccccc7)c6)cccc5c4)cc3)cc2)c1. The van der Waals surface area contributed by atoms with Gasteiger partial charge in [-0.3, -0.25) is 0 Å². The van der Waals surface area contributed by atoms with Crippen LogP contribution in [0.3, 0.4) is 0 Å². The van der Waals surface area contributed by atoms with Crippen LogP contribution in [0.5, 0.6) is 0 Å². The molecule has 90 heavy (non-hydrogen) atoms. The summed E-state index contributed by atoms with van der Waals surface area (Å²) < 4.78 is 5.86. The molecule has 4 heteroatoms. The number of allylic oxidation sites excluding steroid dienone is 1. The highest BCUT2D eigenvalue weighted by atomic mass is 79.9. The van der Waals surface area contributed by atoms with Crippen LogP contribution in [0.15, 0.2) is 332 Å². The Hall–Kier alpha value is -11.0. The first-order valence-corrected chi connectivity index (χ1v) is 31.6. The van der Waals surface area contributed by atoms with E-state index in [0.29, 0.717) is 0 Å². The topological polar surface area (TPSA) is 13.1 Å². The van der Waals surface area contributed by atoms with Gasteiger partial charge in [0.2, 0.25) is 0 Å². The van der Waals surface area contributed by atoms with Crippen molar-refractivity contribution >= 4 is 99.0 Å². The van der Waals surface area contributed by atoms with E-state index in [1.807, 2.05) is 0 Å². The molecule has 0 N–H and O–H groups in total. The van der Waals surface area contributed by atoms with Crippen molar-refractivity contribution in [3.8, 4) is 55.9 Å². The molecule has 0 unspecified atom stereocenters. The third kappa shape index (κ3) is 10.3. The maximum atomic E-state index is 3.64. The van der Waals surface area contributed by atoms with Crippen molar-refractivity contribution in [1.82, 2.24) is 9.13 Å². The summed E-state index contributed by atoms with van der Waals surface area (Å²) in [5.41, 5.74) is 26.0. The van der Waals surface area contributed by atoms with Gasteiger partial charge in [-0.15, -0.1) is 0 Å². The van der Waals surface area contributed by atoms with Gasteiger partial charge in [-0.1, -0.05) is 252 Å². The minimum atomic E-state index is 0.767. The van der Waals surface area contributed by atoms with Crippen LogP contribution in [-0.4, -0.2) is 9.13 Å². The summed E-state index contributed by atoms with van der Waals surface area (Å²) in [4.78, 5) is 2.44. The summed E-state index contributed by atoms with van der Waals surface area (Å²) in [7, 11) is 0. The van der Waals surface area contributed by atoms with Crippen LogP contribution in [0.25, 0.3) is 122 Å². The van der Waals surface area contributed by atoms with Crippen LogP contribution in [0.1, 0.15) is 22.3 Å². The zero-order valence-electron chi connectivity index (χ0n) is 49.7. The van der Waals surface area contributed by atoms with E-state index in [9.17, 15) is 0 Å². The van der Waals surface area contributed by atoms with E-state index in [1.54, 1.807) is 0 Å². The Bertz CT molecular complexity index is 5370. The van der Waals surface area contributed by atoms with Gasteiger partial charge in [0, 0.05) is 54.2 Å². The molecule has 0 aliphatic carbocycles. The van der Waals surface area contributed by atoms with Crippen LogP contribution in [0, 0.1) is 6.92 Å². The number of nitrogens with zero attached hydrogens (tertiary/aromatic N) is 3. The lowest BCUT2D eigenvalue weighted by molar-refractivity contribution is 1.18. The van der Waals surface area contributed by atoms with Crippen molar-refractivity contribution in [3.05, 3.63) is 354 Å². The molecule has 0 atom stereocenters. The number of hydrogen-bond acceptors (Lipinski definition) is 1. The summed E-state index contributed by atoms with van der Waals surface area (Å²) in [6, 6.07) is 120. The van der Waals surface area contributed by atoms with Crippen LogP contribution >= 0.6 is 15.9 Å². The van der Waals surface area contributed by atoms with E-state index in [0.717, 1.165) is 50.4 Å². The first-order chi connectivity index (χ1) is 44.4. The van der Waals surface area contributed by atoms with Gasteiger partial charge >= 0.3 is 0 Å². The number of anilines is 3. The maximum Gasteiger partial charge on any atom is 0.0542 e. The molecule has 0 aliphatic heterocycles. The highest BCUT2D eigenvalue weighted by Crippen LogP contribution is 2.44. The van der Waals surface area contributed by atoms with Gasteiger partial charge in [-0.25, -0.2) is 0 Å². The summed E-state index contributed by atoms with van der Waals surface area (Å²) >= 11 is 3.64. The molecule has 16 rings (SSSR count). The number of hydrogen-bond donors (Lipinski definition) is 0. The second kappa shape index (κ2) is 23.2. The lowest BCUT2D eigenvalue weighted by atomic mass is 9.92. The van der Waals surface area contributed by atoms with Gasteiger partial charge in [-0.05, 0) is 189 Å². The first kappa shape index (κ1) is 54.4. The van der Waals surface area contributed by atoms with E-state index in [4.69, 9.17) is 0 Å². The third-order valence-corrected chi connectivity index (χ3v) is 18.4. The number of para-hydroxylation sites is 3. The molecule has 0 saturated heterocycles. The van der Waals surface area contributed by atoms with E-state index in [-0.39, 0.29) is 0 Å². The van der Waals surface area contributed by atoms with Gasteiger partial charge in [0.25, 0.3) is 0 Å². The van der Waals surface area contributed by atoms with Gasteiger partial charge in [0.1, 0.15) is 0 Å². The van der Waals surface area contributed by atoms with Crippen LogP contribution in [0.4, 0.5) is 17.1 Å². The second-order valence-electron chi connectivity index (χ2n) is 23.5. The van der Waals surface area contributed by atoms with Crippen molar-refractivity contribution in [2.24, 2.45) is 0 Å². The highest BCUT2D eigenvalue weighted by Gasteiger charge is 2.21. The lowest BCUT2D eigenvalue weighted by Gasteiger charge is -2.27. The Balaban J connectivity index is 0.756. The van der Waals surface area contributed by atoms with E-state index >= 15 is 0 Å². The number of aromatic nitrogens is 2. The molecule has 0 aliphatic rings. The predicted octanol–water partition coefficient (Wildman–Crippen LogP) is 24.0. The molecule has 14 aromatic carbocycles. The van der Waals surface area contributed by atoms with Crippen LogP contribution in [0.2, 0.25) is 0 Å². The molecule has 2 heterocycles. The molecule has 3 nitrogen and oxygen atoms in total. The normalized spacial score (nSPS) is 11.8. The lowest BCUT2D eigenvalue weighted by Crippen LogP contribution is -2.10. The smallest absolute Gasteiger partial charge is 0.0542 e. The van der Waals surface area contributed by atoms with Crippen molar-refractivity contribution in [2.75, 3.05) is 4.90 Å². The van der Waals surface area contributed by atoms with Gasteiger partial charge < -0.3 is 14.0 Å². The van der Waals surface area contributed by atoms with E-state index < -0.39 is 0 Å². The quantitative estimate of drug-likeness (QED) is 0.105. The maximum absolute atomic E-state index is 3.64. The highest BCUT2D eigenvalue weighted by molar-refractivity contribution is 9.10. The van der Waals surface area contributed by atoms with Crippen molar-refractivity contribution in [3.63, 3.8) is 0 Å². The minimum Gasteiger partial charge on any atom is -0.310 e. The largest absolute Gasteiger partial charge is 0.310 e. The fourth-order valence-corrected chi connectivity index (χ4v) is 13.7. The predicted molar refractivity (Wildman–Crippen MR) is 386 cm³/mol. The van der Waals surface area contributed by atoms with Crippen molar-refractivity contribution in [1.29, 1.82) is 0 Å². The Morgan fingerprint density at radius 3 is 1.56 bits per heavy atom. The summed E-state index contributed by atoms with van der Waals surface area (Å²) in [6.45, 7) is 2.16. The number of halogens is 1. The fourth-order valence-electron chi connectivity index (χ4n) is 13.5. The van der Waals surface area contributed by atoms with Gasteiger partial charge in [-0.2, -0.15) is 0 Å². The average Bonchev–Trinajstić information content (AvgIpc) is 1.61. The number of fused-ring (bicyclic) bond motifs is 7. The molecule has 0 fully saturated rings. The third-order valence-electron chi connectivity index (χ3n) is 17.9. The molecule has 0 amide bonds. The summed E-state index contributed by atoms with van der Waals surface area (Å²) in [6.07, 6.45) is 3.16. The molecule has 16 aromatic rings. The zero-order chi connectivity index (χ0) is 60.1. The van der Waals surface area contributed by atoms with E-state index in [1.165, 1.54) is 116 Å². The monoisotopic (exact) mass is 1210 g/mol. The molecular weight excluding hydrogens is 1150 g/mol. The summed E-state index contributed by atoms with van der Waals surface area (Å²) in [5.74, 6) is 0. The number of benzene rings is 14. The van der Waals surface area contributed by atoms with Crippen LogP contribution < -0.4 is 4.90 Å². The fraction of sp³-hybridized carbons (Fsp3) is 0.0233. The second-order valence-corrected chi connectivity index (χ2v) is 24.4. The van der Waals surface area contributed by atoms with Gasteiger partial charge in [0.15, 0.2) is 0 Å². The number of aryl methyl sites for hydroxylation is 1. The standard InChI is InChI=1S/C86H60BrN3/c1-58-15-12-18-67(51-58)65-34-36-66(37-35-65)71(53-60-31-49-85-80(54-60)78-24-8-10-26-83(78)89(85)73-21-6-3-7-22-73)52-59-29-32-64(33-30-59)69-42-48-77-70(55-69)20-14-28-82(77)88(74-45-40-63(41-46-74)62-38-43-72(87)44-39-62)76-47-50-86-81(57-76)79-25-9-11-27-84(79)90(86)75-23-13-19-68(56-75)61-16-4-2-5-17-61/h2-51,53-57H,52H2,1H3/b71-53-. The number of rotatable bonds is 13. The molecule has 0 radical (unpaired) electrons. The molecule has 0 saturated carbocycles. The zero-order valence-corrected chi connectivity index (χ0v) is 51.3. The van der Waals surface area contributed by atoms with Crippen LogP contribution in [-0.2, 0) is 6.42 Å². The molecule has 0 spiro atoms. The van der Waals surface area contributed by atoms with E-state index in [2.05, 4.69) is 371 Å². The molecule has 426 valence electrons. The Morgan fingerprint density at radius 1 is 0.344 bits per heavy atom. The minimum absolute atomic E-state index is 0.767. The van der Waals surface area contributed by atoms with Crippen molar-refractivity contribution in [2.45, 2.75) is 13.3 Å².